The number of hydrogen-bond donors (Lipinski definition) is 1. The molecule has 320 valence electrons. The number of halogens is 3. The smallest absolute Gasteiger partial charge is 0.281 e. The number of ether oxygens (including phenoxy) is 6. The number of amides is 2. The fourth-order valence-corrected chi connectivity index (χ4v) is 9.51. The second-order valence-corrected chi connectivity index (χ2v) is 17.5. The zero-order valence-corrected chi connectivity index (χ0v) is 36.1. The number of rotatable bonds is 12. The molecule has 0 radical (unpaired) electrons. The van der Waals surface area contributed by atoms with Crippen molar-refractivity contribution >= 4 is 49.9 Å². The van der Waals surface area contributed by atoms with E-state index < -0.39 is 0 Å². The number of carbonyl (C=O) groups is 2. The van der Waals surface area contributed by atoms with E-state index in [1.807, 2.05) is 64.4 Å². The summed E-state index contributed by atoms with van der Waals surface area (Å²) in [5.74, 6) is 5.25. The Morgan fingerprint density at radius 1 is 0.650 bits per heavy atom. The number of thioether (sulfide) groups is 2. The maximum Gasteiger partial charge on any atom is 0.281 e. The topological polar surface area (TPSA) is 116 Å². The summed E-state index contributed by atoms with van der Waals surface area (Å²) >= 11 is 5.83. The van der Waals surface area contributed by atoms with Crippen LogP contribution in [0.3, 0.4) is 0 Å². The minimum Gasteiger partial charge on any atom is -0.493 e. The molecule has 4 aromatic rings. The van der Waals surface area contributed by atoms with Crippen molar-refractivity contribution in [3.05, 3.63) is 108 Å². The number of nitrogens with zero attached hydrogens (tertiary/aromatic N) is 2. The van der Waals surface area contributed by atoms with Gasteiger partial charge in [-0.15, -0.1) is 0 Å². The van der Waals surface area contributed by atoms with Gasteiger partial charge in [0.15, 0.2) is 23.0 Å². The van der Waals surface area contributed by atoms with Crippen LogP contribution in [0, 0.1) is 23.5 Å². The normalized spacial score (nSPS) is 20.3. The van der Waals surface area contributed by atoms with Gasteiger partial charge in [-0.05, 0) is 84.3 Å². The molecule has 0 spiro atoms. The summed E-state index contributed by atoms with van der Waals surface area (Å²) in [7, 11) is 0. The van der Waals surface area contributed by atoms with Crippen molar-refractivity contribution in [1.82, 2.24) is 9.80 Å². The zero-order chi connectivity index (χ0) is 41.8. The lowest BCUT2D eigenvalue weighted by Crippen LogP contribution is -2.43. The Balaban J connectivity index is 0.000000181. The fourth-order valence-electron chi connectivity index (χ4n) is 7.81. The Hall–Kier alpha value is -4.38. The number of hydrogen-bond acceptors (Lipinski definition) is 11. The number of alkyl halides is 1. The maximum atomic E-state index is 13.4. The lowest BCUT2D eigenvalue weighted by atomic mass is 9.81. The van der Waals surface area contributed by atoms with Crippen molar-refractivity contribution in [2.75, 3.05) is 76.4 Å². The molecule has 4 aliphatic heterocycles. The van der Waals surface area contributed by atoms with E-state index >= 15 is 0 Å². The minimum atomic E-state index is -0.264. The van der Waals surface area contributed by atoms with Gasteiger partial charge in [0.25, 0.3) is 10.5 Å². The molecule has 11 nitrogen and oxygen atoms in total. The average molecular weight is 930 g/mol. The molecule has 0 saturated carbocycles. The van der Waals surface area contributed by atoms with E-state index in [0.29, 0.717) is 79.6 Å². The van der Waals surface area contributed by atoms with E-state index in [1.54, 1.807) is 6.07 Å². The lowest BCUT2D eigenvalue weighted by molar-refractivity contribution is 0.133. The van der Waals surface area contributed by atoms with Crippen molar-refractivity contribution in [2.24, 2.45) is 11.8 Å². The van der Waals surface area contributed by atoms with E-state index in [0.717, 1.165) is 46.8 Å². The Labute approximate surface area is 365 Å². The van der Waals surface area contributed by atoms with Gasteiger partial charge < -0.3 is 43.3 Å². The fraction of sp³-hybridized carbons (Fsp3) is 0.409. The van der Waals surface area contributed by atoms with Crippen LogP contribution in [-0.2, 0) is 0 Å². The first kappa shape index (κ1) is 43.7. The van der Waals surface area contributed by atoms with Crippen LogP contribution in [0.5, 0.6) is 34.5 Å². The van der Waals surface area contributed by atoms with Crippen molar-refractivity contribution in [3.63, 3.8) is 0 Å². The number of carbonyl (C=O) groups excluding carboxylic acids is 2. The van der Waals surface area contributed by atoms with Gasteiger partial charge in [0.1, 0.15) is 23.1 Å². The summed E-state index contributed by atoms with van der Waals surface area (Å²) in [6.07, 6.45) is 1.59. The highest BCUT2D eigenvalue weighted by Gasteiger charge is 2.35. The standard InChI is InChI=1S/C22H23BrFNO4S.C22H24FNO5S/c23-8-10-30-22(26)25-9-7-19(15-1-3-17(24)4-2-15)16(12-25)13-27-18-5-6-20-21(11-18)29-14-28-20;23-17-3-1-15(2-4-17)19-7-8-24(22(26)30-10-9-25)12-16(19)13-27-18-5-6-20-21(11-18)29-14-28-20/h1-6,11,16,19H,7-10,12-14H2;1-6,11,16,19,25H,7-10,12-14H2/t2*16-,19-/m00/s1. The first-order chi connectivity index (χ1) is 29.3. The summed E-state index contributed by atoms with van der Waals surface area (Å²) in [5, 5.41) is 9.84. The number of piperidine rings is 2. The van der Waals surface area contributed by atoms with Gasteiger partial charge >= 0.3 is 0 Å². The van der Waals surface area contributed by atoms with Crippen LogP contribution < -0.4 is 28.4 Å². The number of benzene rings is 4. The van der Waals surface area contributed by atoms with E-state index in [-0.39, 0.29) is 66.0 Å². The number of fused-ring (bicyclic) bond motifs is 2. The average Bonchev–Trinajstić information content (AvgIpc) is 3.96. The van der Waals surface area contributed by atoms with Gasteiger partial charge in [0, 0.05) is 67.0 Å². The maximum absolute atomic E-state index is 13.4. The quantitative estimate of drug-likeness (QED) is 0.137. The molecule has 4 aliphatic rings. The third-order valence-corrected chi connectivity index (χ3v) is 13.5. The van der Waals surface area contributed by atoms with Gasteiger partial charge in [-0.1, -0.05) is 63.7 Å². The highest BCUT2D eigenvalue weighted by Crippen LogP contribution is 2.39. The Morgan fingerprint density at radius 2 is 1.08 bits per heavy atom. The van der Waals surface area contributed by atoms with Crippen LogP contribution in [0.25, 0.3) is 0 Å². The molecular formula is C44H47BrF2N2O9S2. The van der Waals surface area contributed by atoms with Gasteiger partial charge in [-0.3, -0.25) is 9.59 Å². The summed E-state index contributed by atoms with van der Waals surface area (Å²) in [6, 6.07) is 24.2. The number of likely N-dealkylation sites (tertiary alicyclic amines) is 2. The van der Waals surface area contributed by atoms with Crippen LogP contribution >= 0.6 is 39.5 Å². The molecule has 2 amide bonds. The summed E-state index contributed by atoms with van der Waals surface area (Å²) in [5.41, 5.74) is 2.13. The highest BCUT2D eigenvalue weighted by atomic mass is 79.9. The van der Waals surface area contributed by atoms with Crippen LogP contribution in [0.1, 0.15) is 35.8 Å². The second-order valence-electron chi connectivity index (χ2n) is 14.6. The molecule has 16 heteroatoms. The lowest BCUT2D eigenvalue weighted by Gasteiger charge is -2.38. The van der Waals surface area contributed by atoms with Crippen LogP contribution in [-0.4, -0.2) is 102 Å². The van der Waals surface area contributed by atoms with E-state index in [1.165, 1.54) is 36.0 Å². The third kappa shape index (κ3) is 11.5. The molecule has 0 aliphatic carbocycles. The number of aliphatic hydroxyl groups is 1. The first-order valence-electron chi connectivity index (χ1n) is 19.8. The number of aliphatic hydroxyl groups excluding tert-OH is 1. The molecule has 1 N–H and O–H groups in total. The summed E-state index contributed by atoms with van der Waals surface area (Å²) in [4.78, 5) is 28.7. The van der Waals surface area contributed by atoms with Crippen molar-refractivity contribution in [2.45, 2.75) is 24.7 Å². The molecule has 0 bridgehead atoms. The van der Waals surface area contributed by atoms with Crippen molar-refractivity contribution in [3.8, 4) is 34.5 Å². The van der Waals surface area contributed by atoms with Crippen LogP contribution in [0.15, 0.2) is 84.9 Å². The summed E-state index contributed by atoms with van der Waals surface area (Å²) in [6.45, 7) is 3.73. The predicted molar refractivity (Wildman–Crippen MR) is 230 cm³/mol. The third-order valence-electron chi connectivity index (χ3n) is 10.8. The largest absolute Gasteiger partial charge is 0.493 e. The highest BCUT2D eigenvalue weighted by molar-refractivity contribution is 9.09. The second kappa shape index (κ2) is 21.4. The van der Waals surface area contributed by atoms with Gasteiger partial charge in [-0.25, -0.2) is 8.78 Å². The molecule has 2 saturated heterocycles. The Bertz CT molecular complexity index is 1910. The van der Waals surface area contributed by atoms with E-state index in [4.69, 9.17) is 33.5 Å². The van der Waals surface area contributed by atoms with Crippen LogP contribution in [0.4, 0.5) is 18.4 Å². The van der Waals surface area contributed by atoms with E-state index in [2.05, 4.69) is 15.9 Å². The SMILES string of the molecule is O=C(SCCBr)N1CC[C@@H](c2ccc(F)cc2)[C@H](COc2ccc3c(c2)OCO3)C1.O=C(SCCO)N1CC[C@@H](c2ccc(F)cc2)[C@H](COc2ccc3c(c2)OCO3)C1. The van der Waals surface area contributed by atoms with Gasteiger partial charge in [0.05, 0.1) is 19.8 Å². The molecule has 4 aromatic carbocycles. The molecule has 4 atom stereocenters. The molecule has 4 heterocycles. The van der Waals surface area contributed by atoms with Gasteiger partial charge in [-0.2, -0.15) is 0 Å². The van der Waals surface area contributed by atoms with Crippen molar-refractivity contribution in [1.29, 1.82) is 0 Å². The molecule has 2 fully saturated rings. The molecule has 0 unspecified atom stereocenters. The van der Waals surface area contributed by atoms with Gasteiger partial charge in [0.2, 0.25) is 13.6 Å². The first-order valence-corrected chi connectivity index (χ1v) is 22.9. The van der Waals surface area contributed by atoms with Crippen LogP contribution in [0.2, 0.25) is 0 Å². The molecule has 8 rings (SSSR count). The summed E-state index contributed by atoms with van der Waals surface area (Å²) < 4.78 is 60.5. The predicted octanol–water partition coefficient (Wildman–Crippen LogP) is 9.17. The molecule has 60 heavy (non-hydrogen) atoms. The Morgan fingerprint density at radius 3 is 1.52 bits per heavy atom. The minimum absolute atomic E-state index is 0.0287. The Kier molecular flexibility index (Phi) is 15.6. The zero-order valence-electron chi connectivity index (χ0n) is 32.8. The molecule has 0 aromatic heterocycles. The van der Waals surface area contributed by atoms with E-state index in [9.17, 15) is 18.4 Å². The molecular weight excluding hydrogens is 883 g/mol. The monoisotopic (exact) mass is 928 g/mol. The van der Waals surface area contributed by atoms with Crippen molar-refractivity contribution < 1.29 is 51.9 Å².